The van der Waals surface area contributed by atoms with Gasteiger partial charge >= 0.3 is 11.9 Å². The smallest absolute Gasteiger partial charge is 0.342 e. The van der Waals surface area contributed by atoms with E-state index >= 15 is 0 Å². The first-order valence-corrected chi connectivity index (χ1v) is 9.01. The maximum atomic E-state index is 12.7. The molecule has 0 aliphatic carbocycles. The summed E-state index contributed by atoms with van der Waals surface area (Å²) < 4.78 is 10.1. The molecule has 2 N–H and O–H groups in total. The molecule has 0 aromatic heterocycles. The van der Waals surface area contributed by atoms with Crippen molar-refractivity contribution in [1.29, 1.82) is 0 Å². The van der Waals surface area contributed by atoms with Crippen LogP contribution in [-0.4, -0.2) is 41.5 Å². The maximum absolute atomic E-state index is 12.7. The number of methoxy groups -OCH3 is 1. The molecule has 6 heteroatoms. The van der Waals surface area contributed by atoms with E-state index in [1.165, 1.54) is 19.3 Å². The van der Waals surface area contributed by atoms with Crippen LogP contribution in [0.5, 0.6) is 5.75 Å². The zero-order valence-electron chi connectivity index (χ0n) is 15.6. The van der Waals surface area contributed by atoms with Gasteiger partial charge in [-0.15, -0.1) is 0 Å². The summed E-state index contributed by atoms with van der Waals surface area (Å²) in [4.78, 5) is 23.9. The van der Waals surface area contributed by atoms with Crippen molar-refractivity contribution >= 4 is 11.9 Å². The summed E-state index contributed by atoms with van der Waals surface area (Å²) in [6.45, 7) is 1.93. The van der Waals surface area contributed by atoms with Crippen LogP contribution in [0.25, 0.3) is 0 Å². The Labute approximate surface area is 159 Å². The highest BCUT2D eigenvalue weighted by molar-refractivity contribution is 5.94. The molecule has 0 amide bonds. The van der Waals surface area contributed by atoms with E-state index in [0.717, 1.165) is 0 Å². The standard InChI is InChI=1S/C21H26O6/c1-14-7-3-4-8-15-9-5-11-17(22)20(15)21(25)27-16(13-18(14)23)10-6-12-19(24)26-2/h3-6,9,11-12,14,16,18,22-23H,7-8,10,13H2,1-2H3/b4-3+,12-6-. The molecule has 1 heterocycles. The predicted molar refractivity (Wildman–Crippen MR) is 100 cm³/mol. The molecular weight excluding hydrogens is 348 g/mol. The molecule has 2 rings (SSSR count). The molecule has 146 valence electrons. The van der Waals surface area contributed by atoms with Crippen LogP contribution in [0.2, 0.25) is 0 Å². The second-order valence-corrected chi connectivity index (χ2v) is 6.69. The van der Waals surface area contributed by atoms with Gasteiger partial charge in [-0.2, -0.15) is 0 Å². The summed E-state index contributed by atoms with van der Waals surface area (Å²) >= 11 is 0. The highest BCUT2D eigenvalue weighted by Crippen LogP contribution is 2.26. The minimum Gasteiger partial charge on any atom is -0.507 e. The number of phenolic OH excluding ortho intramolecular Hbond substituents is 1. The molecule has 0 bridgehead atoms. The fourth-order valence-electron chi connectivity index (χ4n) is 2.96. The summed E-state index contributed by atoms with van der Waals surface area (Å²) in [5, 5.41) is 20.6. The second kappa shape index (κ2) is 9.92. The van der Waals surface area contributed by atoms with Crippen LogP contribution >= 0.6 is 0 Å². The van der Waals surface area contributed by atoms with Crippen molar-refractivity contribution in [3.05, 3.63) is 53.6 Å². The molecule has 0 fully saturated rings. The average molecular weight is 374 g/mol. The first-order chi connectivity index (χ1) is 12.9. The normalized spacial score (nSPS) is 25.0. The zero-order chi connectivity index (χ0) is 19.8. The van der Waals surface area contributed by atoms with Crippen LogP contribution in [0, 0.1) is 5.92 Å². The van der Waals surface area contributed by atoms with Gasteiger partial charge in [-0.3, -0.25) is 0 Å². The topological polar surface area (TPSA) is 93.1 Å². The number of esters is 2. The number of phenols is 1. The van der Waals surface area contributed by atoms with Crippen LogP contribution in [-0.2, 0) is 20.7 Å². The second-order valence-electron chi connectivity index (χ2n) is 6.69. The third-order valence-electron chi connectivity index (χ3n) is 4.63. The third-order valence-corrected chi connectivity index (χ3v) is 4.63. The Kier molecular flexibility index (Phi) is 7.61. The molecule has 0 saturated carbocycles. The molecule has 0 radical (unpaired) electrons. The number of aliphatic hydroxyl groups is 1. The Hall–Kier alpha value is -2.60. The van der Waals surface area contributed by atoms with Gasteiger partial charge in [-0.05, 0) is 30.4 Å². The number of aliphatic hydroxyl groups excluding tert-OH is 1. The van der Waals surface area contributed by atoms with E-state index in [-0.39, 0.29) is 30.1 Å². The number of aromatic hydroxyl groups is 1. The number of fused-ring (bicyclic) bond motifs is 1. The van der Waals surface area contributed by atoms with Crippen molar-refractivity contribution < 1.29 is 29.3 Å². The fourth-order valence-corrected chi connectivity index (χ4v) is 2.96. The first-order valence-electron chi connectivity index (χ1n) is 9.01. The molecule has 0 saturated heterocycles. The molecule has 3 unspecified atom stereocenters. The van der Waals surface area contributed by atoms with E-state index in [4.69, 9.17) is 4.74 Å². The van der Waals surface area contributed by atoms with Gasteiger partial charge in [0.15, 0.2) is 0 Å². The van der Waals surface area contributed by atoms with E-state index in [2.05, 4.69) is 4.74 Å². The number of benzene rings is 1. The molecule has 1 aromatic rings. The monoisotopic (exact) mass is 374 g/mol. The van der Waals surface area contributed by atoms with Crippen molar-refractivity contribution in [2.45, 2.75) is 44.8 Å². The molecule has 27 heavy (non-hydrogen) atoms. The van der Waals surface area contributed by atoms with Gasteiger partial charge < -0.3 is 19.7 Å². The van der Waals surface area contributed by atoms with Crippen molar-refractivity contribution in [1.82, 2.24) is 0 Å². The number of hydrogen-bond acceptors (Lipinski definition) is 6. The number of allylic oxidation sites excluding steroid dienone is 2. The Morgan fingerprint density at radius 2 is 2.15 bits per heavy atom. The van der Waals surface area contributed by atoms with Crippen molar-refractivity contribution in [3.8, 4) is 5.75 Å². The van der Waals surface area contributed by atoms with E-state index in [1.807, 2.05) is 19.1 Å². The Balaban J connectivity index is 2.29. The molecule has 1 aliphatic rings. The largest absolute Gasteiger partial charge is 0.507 e. The van der Waals surface area contributed by atoms with Crippen LogP contribution in [0.4, 0.5) is 0 Å². The number of carbonyl (C=O) groups is 2. The van der Waals surface area contributed by atoms with Crippen LogP contribution < -0.4 is 0 Å². The van der Waals surface area contributed by atoms with E-state index in [0.29, 0.717) is 18.4 Å². The predicted octanol–water partition coefficient (Wildman–Crippen LogP) is 2.93. The van der Waals surface area contributed by atoms with Crippen molar-refractivity contribution in [2.75, 3.05) is 7.11 Å². The number of ether oxygens (including phenoxy) is 2. The quantitative estimate of drug-likeness (QED) is 0.480. The summed E-state index contributed by atoms with van der Waals surface area (Å²) in [5.41, 5.74) is 0.807. The lowest BCUT2D eigenvalue weighted by molar-refractivity contribution is -0.134. The Morgan fingerprint density at radius 1 is 1.37 bits per heavy atom. The van der Waals surface area contributed by atoms with Gasteiger partial charge in [0.1, 0.15) is 17.4 Å². The van der Waals surface area contributed by atoms with Crippen molar-refractivity contribution in [3.63, 3.8) is 0 Å². The van der Waals surface area contributed by atoms with Crippen LogP contribution in [0.15, 0.2) is 42.5 Å². The number of rotatable bonds is 3. The minimum atomic E-state index is -0.665. The Bertz CT molecular complexity index is 721. The van der Waals surface area contributed by atoms with Gasteiger partial charge in [-0.1, -0.05) is 37.3 Å². The lowest BCUT2D eigenvalue weighted by atomic mass is 9.93. The summed E-state index contributed by atoms with van der Waals surface area (Å²) in [6, 6.07) is 4.90. The molecule has 1 aliphatic heterocycles. The van der Waals surface area contributed by atoms with Gasteiger partial charge in [0.05, 0.1) is 13.2 Å². The Morgan fingerprint density at radius 3 is 2.89 bits per heavy atom. The summed E-state index contributed by atoms with van der Waals surface area (Å²) in [5.74, 6) is -1.29. The van der Waals surface area contributed by atoms with Gasteiger partial charge in [-0.25, -0.2) is 9.59 Å². The molecule has 1 aromatic carbocycles. The summed E-state index contributed by atoms with van der Waals surface area (Å²) in [6.07, 6.45) is 7.07. The van der Waals surface area contributed by atoms with E-state index in [9.17, 15) is 19.8 Å². The van der Waals surface area contributed by atoms with Gasteiger partial charge in [0.2, 0.25) is 0 Å². The molecular formula is C21H26O6. The number of cyclic esters (lactones) is 1. The van der Waals surface area contributed by atoms with Crippen LogP contribution in [0.1, 0.15) is 42.1 Å². The van der Waals surface area contributed by atoms with E-state index in [1.54, 1.807) is 18.2 Å². The molecule has 6 nitrogen and oxygen atoms in total. The van der Waals surface area contributed by atoms with E-state index < -0.39 is 24.1 Å². The van der Waals surface area contributed by atoms with Crippen LogP contribution in [0.3, 0.4) is 0 Å². The fraction of sp³-hybridized carbons (Fsp3) is 0.429. The average Bonchev–Trinajstić information content (AvgIpc) is 2.63. The number of hydrogen-bond donors (Lipinski definition) is 2. The third kappa shape index (κ3) is 5.96. The zero-order valence-corrected chi connectivity index (χ0v) is 15.6. The lowest BCUT2D eigenvalue weighted by Gasteiger charge is -2.24. The van der Waals surface area contributed by atoms with Crippen molar-refractivity contribution in [2.24, 2.45) is 5.92 Å². The lowest BCUT2D eigenvalue weighted by Crippen LogP contribution is -2.28. The van der Waals surface area contributed by atoms with Gasteiger partial charge in [0.25, 0.3) is 0 Å². The SMILES string of the molecule is COC(=O)/C=C\CC1CC(O)C(C)C/C=C/Cc2cccc(O)c2C(=O)O1. The van der Waals surface area contributed by atoms with Gasteiger partial charge in [0, 0.05) is 18.9 Å². The molecule has 0 spiro atoms. The summed E-state index contributed by atoms with van der Waals surface area (Å²) in [7, 11) is 1.28. The first kappa shape index (κ1) is 20.7. The highest BCUT2D eigenvalue weighted by atomic mass is 16.5. The number of carbonyl (C=O) groups excluding carboxylic acids is 2. The minimum absolute atomic E-state index is 0.00453. The molecule has 3 atom stereocenters. The highest BCUT2D eigenvalue weighted by Gasteiger charge is 2.25. The maximum Gasteiger partial charge on any atom is 0.342 e.